The summed E-state index contributed by atoms with van der Waals surface area (Å²) in [7, 11) is 0. The molecule has 5 heteroatoms. The molecule has 0 saturated heterocycles. The van der Waals surface area contributed by atoms with Crippen LogP contribution in [0.1, 0.15) is 23.4 Å². The Labute approximate surface area is 127 Å². The molecule has 0 aliphatic rings. The predicted molar refractivity (Wildman–Crippen MR) is 83.3 cm³/mol. The normalized spacial score (nSPS) is 12.2. The Morgan fingerprint density at radius 1 is 1.32 bits per heavy atom. The lowest BCUT2D eigenvalue weighted by Crippen LogP contribution is -2.27. The fourth-order valence-electron chi connectivity index (χ4n) is 1.72. The molecule has 1 atom stereocenters. The van der Waals surface area contributed by atoms with Crippen LogP contribution in [0, 0.1) is 0 Å². The summed E-state index contributed by atoms with van der Waals surface area (Å²) in [5.74, 6) is 0.00365. The Balaban J connectivity index is 1.92. The Morgan fingerprint density at radius 2 is 2.00 bits per heavy atom. The number of thiol groups is 1. The van der Waals surface area contributed by atoms with Gasteiger partial charge in [0.1, 0.15) is 0 Å². The molecule has 2 rings (SSSR count). The Morgan fingerprint density at radius 3 is 2.58 bits per heavy atom. The number of benzene rings is 1. The molecule has 0 radical (unpaired) electrons. The number of hydrogen-bond donors (Lipinski definition) is 2. The highest BCUT2D eigenvalue weighted by atomic mass is 35.5. The van der Waals surface area contributed by atoms with E-state index in [0.29, 0.717) is 6.42 Å². The highest BCUT2D eigenvalue weighted by Gasteiger charge is 2.11. The number of hydrogen-bond acceptors (Lipinski definition) is 3. The first-order valence-corrected chi connectivity index (χ1v) is 7.51. The molecule has 1 aromatic heterocycles. The van der Waals surface area contributed by atoms with Crippen LogP contribution in [0.3, 0.4) is 0 Å². The van der Waals surface area contributed by atoms with Gasteiger partial charge in [0.15, 0.2) is 0 Å². The van der Waals surface area contributed by atoms with Crippen molar-refractivity contribution in [3.63, 3.8) is 0 Å². The van der Waals surface area contributed by atoms with Gasteiger partial charge in [-0.05, 0) is 36.8 Å². The zero-order valence-electron chi connectivity index (χ0n) is 10.4. The van der Waals surface area contributed by atoms with Gasteiger partial charge >= 0.3 is 0 Å². The van der Waals surface area contributed by atoms with Gasteiger partial charge < -0.3 is 5.32 Å². The van der Waals surface area contributed by atoms with E-state index in [2.05, 4.69) is 17.9 Å². The maximum absolute atomic E-state index is 11.9. The lowest BCUT2D eigenvalue weighted by Gasteiger charge is -2.12. The van der Waals surface area contributed by atoms with Gasteiger partial charge in [0.2, 0.25) is 5.91 Å². The highest BCUT2D eigenvalue weighted by molar-refractivity contribution is 7.80. The van der Waals surface area contributed by atoms with Gasteiger partial charge in [0.05, 0.1) is 16.8 Å². The van der Waals surface area contributed by atoms with E-state index in [1.165, 1.54) is 11.3 Å². The average molecular weight is 312 g/mol. The maximum Gasteiger partial charge on any atom is 0.224 e. The van der Waals surface area contributed by atoms with Crippen LogP contribution in [0.25, 0.3) is 0 Å². The van der Waals surface area contributed by atoms with E-state index in [0.717, 1.165) is 19.7 Å². The minimum absolute atomic E-state index is 0.00365. The first kappa shape index (κ1) is 14.4. The van der Waals surface area contributed by atoms with Crippen LogP contribution in [-0.4, -0.2) is 5.91 Å². The number of thiophene rings is 1. The van der Waals surface area contributed by atoms with Crippen molar-refractivity contribution in [3.05, 3.63) is 51.2 Å². The second-order valence-electron chi connectivity index (χ2n) is 4.27. The van der Waals surface area contributed by atoms with Crippen molar-refractivity contribution >= 4 is 41.5 Å². The van der Waals surface area contributed by atoms with E-state index >= 15 is 0 Å². The van der Waals surface area contributed by atoms with E-state index in [9.17, 15) is 4.79 Å². The van der Waals surface area contributed by atoms with E-state index in [1.807, 2.05) is 43.3 Å². The molecule has 1 heterocycles. The molecule has 1 N–H and O–H groups in total. The molecule has 0 aliphatic carbocycles. The van der Waals surface area contributed by atoms with E-state index in [4.69, 9.17) is 11.6 Å². The quantitative estimate of drug-likeness (QED) is 0.817. The van der Waals surface area contributed by atoms with Crippen LogP contribution in [0.15, 0.2) is 41.3 Å². The van der Waals surface area contributed by atoms with Crippen molar-refractivity contribution in [3.8, 4) is 0 Å². The molecule has 2 nitrogen and oxygen atoms in total. The lowest BCUT2D eigenvalue weighted by atomic mass is 10.1. The minimum Gasteiger partial charge on any atom is -0.348 e. The van der Waals surface area contributed by atoms with Crippen molar-refractivity contribution in [2.45, 2.75) is 24.3 Å². The van der Waals surface area contributed by atoms with Gasteiger partial charge in [-0.2, -0.15) is 0 Å². The van der Waals surface area contributed by atoms with E-state index in [-0.39, 0.29) is 11.9 Å². The molecule has 1 unspecified atom stereocenters. The van der Waals surface area contributed by atoms with Crippen LogP contribution in [0.2, 0.25) is 4.34 Å². The molecule has 19 heavy (non-hydrogen) atoms. The number of amides is 1. The largest absolute Gasteiger partial charge is 0.348 e. The zero-order valence-corrected chi connectivity index (χ0v) is 12.9. The molecule has 0 fully saturated rings. The molecule has 2 aromatic rings. The van der Waals surface area contributed by atoms with Crippen LogP contribution in [0.5, 0.6) is 0 Å². The molecular weight excluding hydrogens is 298 g/mol. The monoisotopic (exact) mass is 311 g/mol. The second-order valence-corrected chi connectivity index (χ2v) is 6.54. The van der Waals surface area contributed by atoms with Crippen molar-refractivity contribution in [1.29, 1.82) is 0 Å². The number of rotatable bonds is 4. The van der Waals surface area contributed by atoms with Gasteiger partial charge in [-0.1, -0.05) is 23.7 Å². The minimum atomic E-state index is -0.0193. The summed E-state index contributed by atoms with van der Waals surface area (Å²) in [6.45, 7) is 1.96. The molecule has 0 bridgehead atoms. The molecule has 1 aromatic carbocycles. The lowest BCUT2D eigenvalue weighted by molar-refractivity contribution is -0.121. The second kappa shape index (κ2) is 6.46. The molecular formula is C14H14ClNOS2. The standard InChI is InChI=1S/C14H14ClNOS2/c1-9(12-6-7-13(15)19-12)16-14(17)8-10-2-4-11(18)5-3-10/h2-7,9,18H,8H2,1H3,(H,16,17). The summed E-state index contributed by atoms with van der Waals surface area (Å²) in [5, 5.41) is 2.97. The number of halogens is 1. The summed E-state index contributed by atoms with van der Waals surface area (Å²) in [6.07, 6.45) is 0.373. The first-order chi connectivity index (χ1) is 9.04. The maximum atomic E-state index is 11.9. The average Bonchev–Trinajstić information content (AvgIpc) is 2.79. The number of carbonyl (C=O) groups is 1. The summed E-state index contributed by atoms with van der Waals surface area (Å²) in [5.41, 5.74) is 0.978. The van der Waals surface area contributed by atoms with Gasteiger partial charge in [0.25, 0.3) is 0 Å². The Kier molecular flexibility index (Phi) is 4.91. The fraction of sp³-hybridized carbons (Fsp3) is 0.214. The Hall–Kier alpha value is -0.970. The topological polar surface area (TPSA) is 29.1 Å². The van der Waals surface area contributed by atoms with Crippen LogP contribution in [0.4, 0.5) is 0 Å². The van der Waals surface area contributed by atoms with Crippen LogP contribution < -0.4 is 5.32 Å². The zero-order chi connectivity index (χ0) is 13.8. The van der Waals surface area contributed by atoms with E-state index in [1.54, 1.807) is 0 Å². The SMILES string of the molecule is CC(NC(=O)Cc1ccc(S)cc1)c1ccc(Cl)s1. The summed E-state index contributed by atoms with van der Waals surface area (Å²) in [4.78, 5) is 13.9. The van der Waals surface area contributed by atoms with Crippen LogP contribution in [-0.2, 0) is 11.2 Å². The van der Waals surface area contributed by atoms with Crippen molar-refractivity contribution < 1.29 is 4.79 Å². The fourth-order valence-corrected chi connectivity index (χ4v) is 2.94. The molecule has 0 saturated carbocycles. The smallest absolute Gasteiger partial charge is 0.224 e. The Bertz CT molecular complexity index is 565. The predicted octanol–water partition coefficient (Wildman–Crippen LogP) is 4.11. The molecule has 1 amide bonds. The third kappa shape index (κ3) is 4.27. The number of carbonyl (C=O) groups excluding carboxylic acids is 1. The third-order valence-electron chi connectivity index (χ3n) is 2.70. The summed E-state index contributed by atoms with van der Waals surface area (Å²) >= 11 is 11.6. The molecule has 0 aliphatic heterocycles. The van der Waals surface area contributed by atoms with E-state index < -0.39 is 0 Å². The molecule has 0 spiro atoms. The third-order valence-corrected chi connectivity index (χ3v) is 4.41. The van der Waals surface area contributed by atoms with Gasteiger partial charge in [-0.3, -0.25) is 4.79 Å². The van der Waals surface area contributed by atoms with Gasteiger partial charge in [-0.15, -0.1) is 24.0 Å². The van der Waals surface area contributed by atoms with Crippen molar-refractivity contribution in [2.75, 3.05) is 0 Å². The van der Waals surface area contributed by atoms with Crippen molar-refractivity contribution in [2.24, 2.45) is 0 Å². The summed E-state index contributed by atoms with van der Waals surface area (Å²) < 4.78 is 0.737. The highest BCUT2D eigenvalue weighted by Crippen LogP contribution is 2.26. The molecule has 100 valence electrons. The first-order valence-electron chi connectivity index (χ1n) is 5.87. The van der Waals surface area contributed by atoms with Crippen LogP contribution >= 0.6 is 35.6 Å². The summed E-state index contributed by atoms with van der Waals surface area (Å²) in [6, 6.07) is 11.4. The van der Waals surface area contributed by atoms with Crippen molar-refractivity contribution in [1.82, 2.24) is 5.32 Å². The van der Waals surface area contributed by atoms with Gasteiger partial charge in [-0.25, -0.2) is 0 Å². The van der Waals surface area contributed by atoms with Gasteiger partial charge in [0, 0.05) is 9.77 Å². The number of nitrogens with one attached hydrogen (secondary N) is 1.